The van der Waals surface area contributed by atoms with Crippen LogP contribution in [0, 0.1) is 0 Å². The van der Waals surface area contributed by atoms with Crippen LogP contribution < -0.4 is 0 Å². The van der Waals surface area contributed by atoms with E-state index in [9.17, 15) is 26.7 Å². The van der Waals surface area contributed by atoms with E-state index in [1.54, 1.807) is 0 Å². The molecule has 0 fully saturated rings. The Kier molecular flexibility index (Phi) is 3.47. The molecule has 8 heteroatoms. The Morgan fingerprint density at radius 1 is 1.38 bits per heavy atom. The van der Waals surface area contributed by atoms with Gasteiger partial charge >= 0.3 is 6.18 Å². The topological polar surface area (TPSA) is 30.0 Å². The van der Waals surface area contributed by atoms with Crippen LogP contribution in [0.25, 0.3) is 0 Å². The van der Waals surface area contributed by atoms with Crippen molar-refractivity contribution in [2.75, 3.05) is 0 Å². The summed E-state index contributed by atoms with van der Waals surface area (Å²) in [6.07, 6.45) is -8.19. The minimum atomic E-state index is -5.11. The Labute approximate surface area is 91.0 Å². The quantitative estimate of drug-likeness (QED) is 0.601. The van der Waals surface area contributed by atoms with Crippen molar-refractivity contribution in [2.24, 2.45) is 0 Å². The number of aldehydes is 1. The highest BCUT2D eigenvalue weighted by Crippen LogP contribution is 2.39. The van der Waals surface area contributed by atoms with Crippen molar-refractivity contribution in [1.29, 1.82) is 0 Å². The van der Waals surface area contributed by atoms with Gasteiger partial charge in [-0.1, -0.05) is 11.6 Å². The van der Waals surface area contributed by atoms with Crippen LogP contribution in [0.1, 0.15) is 28.0 Å². The average Bonchev–Trinajstić information content (AvgIpc) is 2.15. The van der Waals surface area contributed by atoms with Gasteiger partial charge in [-0.2, -0.15) is 13.2 Å². The van der Waals surface area contributed by atoms with E-state index in [2.05, 4.69) is 4.98 Å². The molecule has 0 saturated heterocycles. The molecule has 2 nitrogen and oxygen atoms in total. The number of aromatic nitrogens is 1. The van der Waals surface area contributed by atoms with Crippen LogP contribution in [0.15, 0.2) is 6.20 Å². The summed E-state index contributed by atoms with van der Waals surface area (Å²) in [5.41, 5.74) is -4.32. The Hall–Kier alpha value is -1.24. The van der Waals surface area contributed by atoms with Gasteiger partial charge in [0.15, 0.2) is 6.29 Å². The van der Waals surface area contributed by atoms with Crippen LogP contribution in [0.2, 0.25) is 5.02 Å². The van der Waals surface area contributed by atoms with Gasteiger partial charge in [0.2, 0.25) is 0 Å². The molecule has 0 radical (unpaired) electrons. The Balaban J connectivity index is 3.61. The second-order valence-corrected chi connectivity index (χ2v) is 3.10. The largest absolute Gasteiger partial charge is 0.419 e. The van der Waals surface area contributed by atoms with Crippen molar-refractivity contribution in [2.45, 2.75) is 12.6 Å². The molecule has 0 N–H and O–H groups in total. The maximum atomic E-state index is 12.4. The molecule has 88 valence electrons. The highest BCUT2D eigenvalue weighted by Gasteiger charge is 2.40. The van der Waals surface area contributed by atoms with Crippen LogP contribution in [0.4, 0.5) is 22.0 Å². The summed E-state index contributed by atoms with van der Waals surface area (Å²) >= 11 is 5.27. The van der Waals surface area contributed by atoms with Crippen molar-refractivity contribution < 1.29 is 26.7 Å². The van der Waals surface area contributed by atoms with Gasteiger partial charge in [-0.15, -0.1) is 0 Å². The Bertz CT molecular complexity index is 418. The molecule has 0 saturated carbocycles. The standard InChI is InChI=1S/C8H3ClF5NO/c9-4-1-15-6(7(10)11)5(3(4)2-16)8(12,13)14/h1-2,7H. The maximum Gasteiger partial charge on any atom is 0.419 e. The van der Waals surface area contributed by atoms with E-state index in [1.807, 2.05) is 0 Å². The van der Waals surface area contributed by atoms with Crippen molar-refractivity contribution in [3.8, 4) is 0 Å². The second kappa shape index (κ2) is 4.32. The first-order chi connectivity index (χ1) is 7.29. The molecular weight excluding hydrogens is 257 g/mol. The first kappa shape index (κ1) is 12.8. The van der Waals surface area contributed by atoms with Crippen LogP contribution in [-0.2, 0) is 6.18 Å². The Morgan fingerprint density at radius 3 is 2.31 bits per heavy atom. The molecule has 1 aromatic heterocycles. The number of halogens is 6. The molecule has 0 aliphatic rings. The summed E-state index contributed by atoms with van der Waals surface area (Å²) in [5.74, 6) is 0. The molecule has 0 aliphatic heterocycles. The van der Waals surface area contributed by atoms with Gasteiger partial charge in [-0.05, 0) is 0 Å². The summed E-state index contributed by atoms with van der Waals surface area (Å²) in [4.78, 5) is 13.3. The van der Waals surface area contributed by atoms with Crippen LogP contribution in [-0.4, -0.2) is 11.3 Å². The molecule has 0 spiro atoms. The first-order valence-electron chi connectivity index (χ1n) is 3.78. The number of carbonyl (C=O) groups is 1. The molecular formula is C8H3ClF5NO. The third-order valence-electron chi connectivity index (χ3n) is 1.71. The third-order valence-corrected chi connectivity index (χ3v) is 2.01. The number of nitrogens with zero attached hydrogens (tertiary/aromatic N) is 1. The number of rotatable bonds is 2. The molecule has 0 amide bonds. The lowest BCUT2D eigenvalue weighted by Crippen LogP contribution is -2.15. The molecule has 0 unspecified atom stereocenters. The van der Waals surface area contributed by atoms with Crippen molar-refractivity contribution in [3.05, 3.63) is 28.0 Å². The minimum absolute atomic E-state index is 0.223. The lowest BCUT2D eigenvalue weighted by Gasteiger charge is -2.14. The maximum absolute atomic E-state index is 12.4. The van der Waals surface area contributed by atoms with E-state index in [1.165, 1.54) is 0 Å². The van der Waals surface area contributed by atoms with Gasteiger partial charge < -0.3 is 0 Å². The van der Waals surface area contributed by atoms with E-state index in [4.69, 9.17) is 11.6 Å². The summed E-state index contributed by atoms with van der Waals surface area (Å²) < 4.78 is 61.9. The normalized spacial score (nSPS) is 11.9. The number of pyridine rings is 1. The van der Waals surface area contributed by atoms with Gasteiger partial charge in [-0.3, -0.25) is 9.78 Å². The van der Waals surface area contributed by atoms with Gasteiger partial charge in [0.25, 0.3) is 6.43 Å². The predicted molar refractivity (Wildman–Crippen MR) is 44.6 cm³/mol. The van der Waals surface area contributed by atoms with E-state index in [-0.39, 0.29) is 6.29 Å². The van der Waals surface area contributed by atoms with Crippen molar-refractivity contribution in [1.82, 2.24) is 4.98 Å². The van der Waals surface area contributed by atoms with E-state index in [0.29, 0.717) is 6.20 Å². The van der Waals surface area contributed by atoms with E-state index < -0.39 is 34.4 Å². The summed E-state index contributed by atoms with van der Waals surface area (Å²) in [7, 11) is 0. The van der Waals surface area contributed by atoms with Crippen molar-refractivity contribution >= 4 is 17.9 Å². The molecule has 0 aromatic carbocycles. The van der Waals surface area contributed by atoms with Gasteiger partial charge in [0.05, 0.1) is 10.6 Å². The van der Waals surface area contributed by atoms with E-state index >= 15 is 0 Å². The van der Waals surface area contributed by atoms with Gasteiger partial charge in [-0.25, -0.2) is 8.78 Å². The molecule has 1 heterocycles. The zero-order valence-corrected chi connectivity index (χ0v) is 8.11. The molecule has 0 atom stereocenters. The summed E-state index contributed by atoms with van der Waals surface area (Å²) in [5, 5.41) is -0.619. The number of carbonyl (C=O) groups excluding carboxylic acids is 1. The lowest BCUT2D eigenvalue weighted by molar-refractivity contribution is -0.140. The second-order valence-electron chi connectivity index (χ2n) is 2.70. The minimum Gasteiger partial charge on any atom is -0.298 e. The summed E-state index contributed by atoms with van der Waals surface area (Å²) in [6.45, 7) is 0. The number of hydrogen-bond donors (Lipinski definition) is 0. The fraction of sp³-hybridized carbons (Fsp3) is 0.250. The molecule has 0 aliphatic carbocycles. The predicted octanol–water partition coefficient (Wildman–Crippen LogP) is 3.50. The molecule has 16 heavy (non-hydrogen) atoms. The smallest absolute Gasteiger partial charge is 0.298 e. The highest BCUT2D eigenvalue weighted by atomic mass is 35.5. The molecule has 1 rings (SSSR count). The third kappa shape index (κ3) is 2.29. The van der Waals surface area contributed by atoms with Crippen LogP contribution in [0.3, 0.4) is 0 Å². The fourth-order valence-electron chi connectivity index (χ4n) is 1.10. The Morgan fingerprint density at radius 2 is 1.94 bits per heavy atom. The number of hydrogen-bond acceptors (Lipinski definition) is 2. The zero-order chi connectivity index (χ0) is 12.5. The monoisotopic (exact) mass is 259 g/mol. The van der Waals surface area contributed by atoms with Crippen LogP contribution >= 0.6 is 11.6 Å². The fourth-order valence-corrected chi connectivity index (χ4v) is 1.28. The summed E-state index contributed by atoms with van der Waals surface area (Å²) in [6, 6.07) is 0. The average molecular weight is 260 g/mol. The first-order valence-corrected chi connectivity index (χ1v) is 4.15. The van der Waals surface area contributed by atoms with Crippen LogP contribution in [0.5, 0.6) is 0 Å². The molecule has 0 bridgehead atoms. The van der Waals surface area contributed by atoms with E-state index in [0.717, 1.165) is 0 Å². The van der Waals surface area contributed by atoms with Crippen molar-refractivity contribution in [3.63, 3.8) is 0 Å². The zero-order valence-electron chi connectivity index (χ0n) is 7.36. The van der Waals surface area contributed by atoms with Gasteiger partial charge in [0, 0.05) is 11.8 Å². The highest BCUT2D eigenvalue weighted by molar-refractivity contribution is 6.33. The SMILES string of the molecule is O=Cc1c(Cl)cnc(C(F)F)c1C(F)(F)F. The number of alkyl halides is 5. The van der Waals surface area contributed by atoms with Gasteiger partial charge in [0.1, 0.15) is 5.69 Å². The lowest BCUT2D eigenvalue weighted by atomic mass is 10.1. The molecule has 1 aromatic rings.